The van der Waals surface area contributed by atoms with Crippen LogP contribution in [0.3, 0.4) is 0 Å². The largest absolute Gasteiger partial charge is 0.423 e. The summed E-state index contributed by atoms with van der Waals surface area (Å²) in [6.45, 7) is 2.10. The Balaban J connectivity index is 1.47. The molecule has 0 unspecified atom stereocenters. The number of ether oxygens (including phenoxy) is 1. The van der Waals surface area contributed by atoms with Crippen LogP contribution in [0.15, 0.2) is 48.5 Å². The summed E-state index contributed by atoms with van der Waals surface area (Å²) in [5.74, 6) is -0.876. The molecule has 1 saturated carbocycles. The molecule has 0 N–H and O–H groups in total. The second kappa shape index (κ2) is 7.70. The minimum atomic E-state index is -0.642. The number of esters is 1. The number of nitrogens with zero attached hydrogens (tertiary/aromatic N) is 2. The number of benzene rings is 2. The van der Waals surface area contributed by atoms with Gasteiger partial charge in [-0.2, -0.15) is 0 Å². The Morgan fingerprint density at radius 2 is 1.63 bits per heavy atom. The topological polar surface area (TPSA) is 107 Å². The van der Waals surface area contributed by atoms with Crippen LogP contribution < -0.4 is 9.64 Å². The Kier molecular flexibility index (Phi) is 5.07. The van der Waals surface area contributed by atoms with Gasteiger partial charge in [0.25, 0.3) is 5.69 Å². The number of fused-ring (bicyclic) bond motifs is 1. The number of nitro groups is 1. The number of hydrogen-bond donors (Lipinski definition) is 0. The van der Waals surface area contributed by atoms with Crippen molar-refractivity contribution < 1.29 is 24.0 Å². The fourth-order valence-electron chi connectivity index (χ4n) is 4.19. The first-order valence-corrected chi connectivity index (χ1v) is 9.79. The molecule has 30 heavy (non-hydrogen) atoms. The van der Waals surface area contributed by atoms with Crippen molar-refractivity contribution in [2.75, 3.05) is 4.90 Å². The number of nitro benzene ring substituents is 1. The van der Waals surface area contributed by atoms with Gasteiger partial charge in [0.05, 0.1) is 28.0 Å². The molecule has 0 bridgehead atoms. The van der Waals surface area contributed by atoms with E-state index < -0.39 is 10.9 Å². The van der Waals surface area contributed by atoms with Crippen molar-refractivity contribution in [2.24, 2.45) is 17.8 Å². The number of imide groups is 1. The molecule has 0 aromatic heterocycles. The molecule has 1 aliphatic heterocycles. The maximum atomic E-state index is 12.8. The molecule has 2 aliphatic rings. The quantitative estimate of drug-likeness (QED) is 0.251. The number of anilines is 1. The lowest BCUT2D eigenvalue weighted by Crippen LogP contribution is -2.30. The van der Waals surface area contributed by atoms with Crippen LogP contribution in [0.2, 0.25) is 0 Å². The minimum Gasteiger partial charge on any atom is -0.423 e. The molecule has 2 amide bonds. The summed E-state index contributed by atoms with van der Waals surface area (Å²) < 4.78 is 5.22. The number of non-ortho nitro benzene ring substituents is 1. The molecule has 8 heteroatoms. The van der Waals surface area contributed by atoms with Gasteiger partial charge in [-0.3, -0.25) is 24.6 Å². The van der Waals surface area contributed by atoms with E-state index in [1.54, 1.807) is 12.1 Å². The maximum absolute atomic E-state index is 12.8. The van der Waals surface area contributed by atoms with Crippen molar-refractivity contribution in [1.29, 1.82) is 0 Å². The zero-order valence-corrected chi connectivity index (χ0v) is 16.3. The van der Waals surface area contributed by atoms with Crippen LogP contribution in [-0.4, -0.2) is 22.7 Å². The van der Waals surface area contributed by atoms with Crippen molar-refractivity contribution >= 4 is 29.2 Å². The van der Waals surface area contributed by atoms with Gasteiger partial charge in [-0.1, -0.05) is 6.92 Å². The van der Waals surface area contributed by atoms with Crippen LogP contribution in [0.4, 0.5) is 11.4 Å². The van der Waals surface area contributed by atoms with E-state index >= 15 is 0 Å². The highest BCUT2D eigenvalue weighted by Crippen LogP contribution is 2.42. The molecular weight excluding hydrogens is 388 g/mol. The van der Waals surface area contributed by atoms with Crippen LogP contribution >= 0.6 is 0 Å². The molecule has 8 nitrogen and oxygen atoms in total. The lowest BCUT2D eigenvalue weighted by atomic mass is 9.76. The second-order valence-corrected chi connectivity index (χ2v) is 7.83. The van der Waals surface area contributed by atoms with Gasteiger partial charge in [-0.25, -0.2) is 4.79 Å². The summed E-state index contributed by atoms with van der Waals surface area (Å²) in [6.07, 6.45) is 2.40. The van der Waals surface area contributed by atoms with Crippen molar-refractivity contribution in [3.05, 3.63) is 64.2 Å². The summed E-state index contributed by atoms with van der Waals surface area (Å²) in [5.41, 5.74) is 0.579. The maximum Gasteiger partial charge on any atom is 0.343 e. The SMILES string of the molecule is C[C@@H]1CC[C@@H]2C(=O)N(c3ccc(C(=O)Oc4ccc([N+](=O)[O-])cc4)cc3)C(=O)[C@H]2C1. The van der Waals surface area contributed by atoms with Crippen molar-refractivity contribution in [3.63, 3.8) is 0 Å². The zero-order valence-electron chi connectivity index (χ0n) is 16.3. The van der Waals surface area contributed by atoms with Crippen LogP contribution in [0, 0.1) is 27.9 Å². The lowest BCUT2D eigenvalue weighted by molar-refractivity contribution is -0.384. The normalized spacial score (nSPS) is 23.2. The molecule has 2 fully saturated rings. The van der Waals surface area contributed by atoms with Crippen LogP contribution in [0.25, 0.3) is 0 Å². The highest BCUT2D eigenvalue weighted by Gasteiger charge is 2.49. The van der Waals surface area contributed by atoms with Gasteiger partial charge in [-0.15, -0.1) is 0 Å². The van der Waals surface area contributed by atoms with Gasteiger partial charge in [0.1, 0.15) is 5.75 Å². The molecule has 2 aromatic rings. The molecule has 1 heterocycles. The van der Waals surface area contributed by atoms with Gasteiger partial charge < -0.3 is 4.74 Å². The molecule has 1 aliphatic carbocycles. The highest BCUT2D eigenvalue weighted by atomic mass is 16.6. The Bertz CT molecular complexity index is 1010. The van der Waals surface area contributed by atoms with Crippen LogP contribution in [0.1, 0.15) is 36.5 Å². The molecule has 3 atom stereocenters. The zero-order chi connectivity index (χ0) is 21.4. The molecule has 1 saturated heterocycles. The standard InChI is InChI=1S/C22H20N2O6/c1-13-2-11-18-19(12-13)21(26)23(20(18)25)15-5-3-14(4-6-15)22(27)30-17-9-7-16(8-10-17)24(28)29/h3-10,13,18-19H,2,11-12H2,1H3/t13-,18+,19+/m1/s1. The van der Waals surface area contributed by atoms with Gasteiger partial charge >= 0.3 is 5.97 Å². The third kappa shape index (κ3) is 3.56. The van der Waals surface area contributed by atoms with Crippen LogP contribution in [-0.2, 0) is 9.59 Å². The first-order chi connectivity index (χ1) is 14.3. The number of rotatable bonds is 4. The van der Waals surface area contributed by atoms with E-state index in [9.17, 15) is 24.5 Å². The van der Waals surface area contributed by atoms with E-state index in [1.807, 2.05) is 0 Å². The van der Waals surface area contributed by atoms with Crippen LogP contribution in [0.5, 0.6) is 5.75 Å². The first-order valence-electron chi connectivity index (χ1n) is 9.79. The fraction of sp³-hybridized carbons (Fsp3) is 0.318. The molecule has 4 rings (SSSR count). The number of hydrogen-bond acceptors (Lipinski definition) is 6. The molecular formula is C22H20N2O6. The summed E-state index contributed by atoms with van der Waals surface area (Å²) in [6, 6.07) is 11.3. The van der Waals surface area contributed by atoms with E-state index in [-0.39, 0.29) is 40.7 Å². The van der Waals surface area contributed by atoms with E-state index in [1.165, 1.54) is 41.3 Å². The summed E-state index contributed by atoms with van der Waals surface area (Å²) in [5, 5.41) is 10.7. The Morgan fingerprint density at radius 3 is 2.27 bits per heavy atom. The van der Waals surface area contributed by atoms with E-state index in [4.69, 9.17) is 4.74 Å². The van der Waals surface area contributed by atoms with Crippen molar-refractivity contribution in [3.8, 4) is 5.75 Å². The summed E-state index contributed by atoms with van der Waals surface area (Å²) in [7, 11) is 0. The Labute approximate surface area is 172 Å². The number of carbonyl (C=O) groups is 3. The van der Waals surface area contributed by atoms with E-state index in [0.717, 1.165) is 19.3 Å². The average molecular weight is 408 g/mol. The number of amides is 2. The van der Waals surface area contributed by atoms with Gasteiger partial charge in [0.2, 0.25) is 11.8 Å². The smallest absolute Gasteiger partial charge is 0.343 e. The fourth-order valence-corrected chi connectivity index (χ4v) is 4.19. The monoisotopic (exact) mass is 408 g/mol. The lowest BCUT2D eigenvalue weighted by Gasteiger charge is -2.25. The Hall–Kier alpha value is -3.55. The molecule has 154 valence electrons. The predicted molar refractivity (Wildman–Crippen MR) is 107 cm³/mol. The Morgan fingerprint density at radius 1 is 1.00 bits per heavy atom. The van der Waals surface area contributed by atoms with Gasteiger partial charge in [0, 0.05) is 12.1 Å². The minimum absolute atomic E-state index is 0.103. The van der Waals surface area contributed by atoms with Crippen molar-refractivity contribution in [2.45, 2.75) is 26.2 Å². The first kappa shape index (κ1) is 19.8. The van der Waals surface area contributed by atoms with E-state index in [2.05, 4.69) is 6.92 Å². The van der Waals surface area contributed by atoms with E-state index in [0.29, 0.717) is 11.6 Å². The third-order valence-electron chi connectivity index (χ3n) is 5.81. The third-order valence-corrected chi connectivity index (χ3v) is 5.81. The van der Waals surface area contributed by atoms with Gasteiger partial charge in [-0.05, 0) is 61.6 Å². The summed E-state index contributed by atoms with van der Waals surface area (Å²) >= 11 is 0. The average Bonchev–Trinajstić information content (AvgIpc) is 2.98. The highest BCUT2D eigenvalue weighted by molar-refractivity contribution is 6.22. The molecule has 2 aromatic carbocycles. The number of carbonyl (C=O) groups excluding carboxylic acids is 3. The molecule has 0 spiro atoms. The molecule has 0 radical (unpaired) electrons. The second-order valence-electron chi connectivity index (χ2n) is 7.83. The summed E-state index contributed by atoms with van der Waals surface area (Å²) in [4.78, 5) is 49.3. The van der Waals surface area contributed by atoms with Gasteiger partial charge in [0.15, 0.2) is 0 Å². The van der Waals surface area contributed by atoms with Crippen molar-refractivity contribution in [1.82, 2.24) is 0 Å². The predicted octanol–water partition coefficient (Wildman–Crippen LogP) is 3.74.